The van der Waals surface area contributed by atoms with Crippen molar-refractivity contribution >= 4 is 37.1 Å². The van der Waals surface area contributed by atoms with Gasteiger partial charge in [0, 0.05) is 48.7 Å². The maximum Gasteiger partial charge on any atom is 0.269 e. The van der Waals surface area contributed by atoms with Crippen molar-refractivity contribution in [1.82, 2.24) is 20.6 Å². The first-order valence-corrected chi connectivity index (χ1v) is 8.54. The van der Waals surface area contributed by atoms with E-state index < -0.39 is 0 Å². The molecular formula is C16H20N4O2S2. The molecule has 2 amide bonds. The van der Waals surface area contributed by atoms with Crippen LogP contribution in [0.4, 0.5) is 0 Å². The second-order valence-corrected chi connectivity index (χ2v) is 5.30. The molecule has 0 aliphatic carbocycles. The quantitative estimate of drug-likeness (QED) is 0.585. The molecule has 0 radical (unpaired) electrons. The van der Waals surface area contributed by atoms with Crippen molar-refractivity contribution in [2.75, 3.05) is 24.6 Å². The minimum absolute atomic E-state index is 0.0774. The highest BCUT2D eigenvalue weighted by atomic mass is 32.1. The first-order chi connectivity index (χ1) is 11.7. The topological polar surface area (TPSA) is 84.0 Å². The van der Waals surface area contributed by atoms with Gasteiger partial charge in [-0.2, -0.15) is 25.3 Å². The molecule has 0 bridgehead atoms. The summed E-state index contributed by atoms with van der Waals surface area (Å²) in [5.74, 6) is 1.06. The van der Waals surface area contributed by atoms with E-state index in [4.69, 9.17) is 0 Å². The lowest BCUT2D eigenvalue weighted by Crippen LogP contribution is -2.25. The summed E-state index contributed by atoms with van der Waals surface area (Å²) in [7, 11) is 0. The zero-order valence-corrected chi connectivity index (χ0v) is 14.8. The number of hydrogen-bond acceptors (Lipinski definition) is 6. The molecule has 0 atom stereocenters. The van der Waals surface area contributed by atoms with E-state index in [9.17, 15) is 9.59 Å². The second-order valence-electron chi connectivity index (χ2n) is 4.41. The lowest BCUT2D eigenvalue weighted by atomic mass is 10.2. The summed E-state index contributed by atoms with van der Waals surface area (Å²) in [6.45, 7) is 1.16. The molecule has 128 valence electrons. The summed E-state index contributed by atoms with van der Waals surface area (Å²) in [4.78, 5) is 30.1. The summed E-state index contributed by atoms with van der Waals surface area (Å²) >= 11 is 7.95. The van der Waals surface area contributed by atoms with E-state index in [0.29, 0.717) is 35.9 Å². The van der Waals surface area contributed by atoms with Gasteiger partial charge in [-0.05, 0) is 24.3 Å². The summed E-state index contributed by atoms with van der Waals surface area (Å²) in [5, 5.41) is 5.38. The van der Waals surface area contributed by atoms with E-state index in [0.717, 1.165) is 0 Å². The maximum absolute atomic E-state index is 11.2. The molecule has 2 N–H and O–H groups in total. The van der Waals surface area contributed by atoms with E-state index in [2.05, 4.69) is 45.9 Å². The van der Waals surface area contributed by atoms with Crippen LogP contribution in [0.3, 0.4) is 0 Å². The van der Waals surface area contributed by atoms with Crippen LogP contribution in [0, 0.1) is 0 Å². The Labute approximate surface area is 152 Å². The molecule has 8 heteroatoms. The number of nitrogens with zero attached hydrogens (tertiary/aromatic N) is 2. The van der Waals surface area contributed by atoms with Crippen LogP contribution in [0.25, 0.3) is 0 Å². The van der Waals surface area contributed by atoms with Crippen LogP contribution >= 0.6 is 25.3 Å². The van der Waals surface area contributed by atoms with Gasteiger partial charge in [-0.3, -0.25) is 19.6 Å². The molecule has 2 rings (SSSR count). The Bertz CT molecular complexity index is 556. The highest BCUT2D eigenvalue weighted by Gasteiger charge is 2.03. The Morgan fingerprint density at radius 2 is 1.50 bits per heavy atom. The van der Waals surface area contributed by atoms with Gasteiger partial charge in [-0.1, -0.05) is 6.07 Å². The standard InChI is InChI=1S/2C8H10N2OS/c11-8(10-5-6-12)7-1-3-9-4-2-7;11-8(10-5-6-12)7-3-1-2-4-9-7/h2*1-4,12H,5-6H2,(H,10,11). The fraction of sp³-hybridized carbons (Fsp3) is 0.250. The zero-order chi connectivity index (χ0) is 17.6. The van der Waals surface area contributed by atoms with Crippen molar-refractivity contribution in [1.29, 1.82) is 0 Å². The Morgan fingerprint density at radius 3 is 2.04 bits per heavy atom. The number of aromatic nitrogens is 2. The fourth-order valence-corrected chi connectivity index (χ4v) is 1.76. The van der Waals surface area contributed by atoms with E-state index in [-0.39, 0.29) is 11.8 Å². The Hall–Kier alpha value is -2.06. The van der Waals surface area contributed by atoms with Crippen molar-refractivity contribution in [3.8, 4) is 0 Å². The van der Waals surface area contributed by atoms with Crippen molar-refractivity contribution in [3.63, 3.8) is 0 Å². The molecule has 24 heavy (non-hydrogen) atoms. The number of carbonyl (C=O) groups is 2. The number of rotatable bonds is 6. The summed E-state index contributed by atoms with van der Waals surface area (Å²) in [6.07, 6.45) is 4.78. The molecule has 0 unspecified atom stereocenters. The average molecular weight is 364 g/mol. The van der Waals surface area contributed by atoms with Crippen LogP contribution in [0.15, 0.2) is 48.9 Å². The largest absolute Gasteiger partial charge is 0.351 e. The Morgan fingerprint density at radius 1 is 0.875 bits per heavy atom. The summed E-state index contributed by atoms with van der Waals surface area (Å²) in [5.41, 5.74) is 1.08. The number of amides is 2. The zero-order valence-electron chi connectivity index (χ0n) is 13.1. The Balaban J connectivity index is 0.000000240. The van der Waals surface area contributed by atoms with Crippen LogP contribution in [0.2, 0.25) is 0 Å². The van der Waals surface area contributed by atoms with Crippen LogP contribution in [0.1, 0.15) is 20.8 Å². The van der Waals surface area contributed by atoms with Gasteiger partial charge in [0.05, 0.1) is 0 Å². The van der Waals surface area contributed by atoms with Crippen molar-refractivity contribution < 1.29 is 9.59 Å². The first-order valence-electron chi connectivity index (χ1n) is 7.28. The number of thiol groups is 2. The van der Waals surface area contributed by atoms with E-state index in [1.54, 1.807) is 48.9 Å². The van der Waals surface area contributed by atoms with Crippen LogP contribution in [0.5, 0.6) is 0 Å². The van der Waals surface area contributed by atoms with Crippen molar-refractivity contribution in [2.45, 2.75) is 0 Å². The van der Waals surface area contributed by atoms with Crippen molar-refractivity contribution in [2.24, 2.45) is 0 Å². The van der Waals surface area contributed by atoms with Gasteiger partial charge >= 0.3 is 0 Å². The molecular weight excluding hydrogens is 344 g/mol. The summed E-state index contributed by atoms with van der Waals surface area (Å²) < 4.78 is 0. The van der Waals surface area contributed by atoms with Gasteiger partial charge < -0.3 is 10.6 Å². The average Bonchev–Trinajstić information content (AvgIpc) is 2.66. The van der Waals surface area contributed by atoms with Crippen LogP contribution < -0.4 is 10.6 Å². The third-order valence-electron chi connectivity index (χ3n) is 2.63. The van der Waals surface area contributed by atoms with Gasteiger partial charge in [0.2, 0.25) is 0 Å². The molecule has 2 heterocycles. The van der Waals surface area contributed by atoms with E-state index in [1.807, 2.05) is 0 Å². The highest BCUT2D eigenvalue weighted by molar-refractivity contribution is 7.80. The number of nitrogens with one attached hydrogen (secondary N) is 2. The number of carbonyl (C=O) groups excluding carboxylic acids is 2. The number of pyridine rings is 2. The van der Waals surface area contributed by atoms with Crippen molar-refractivity contribution in [3.05, 3.63) is 60.2 Å². The lowest BCUT2D eigenvalue weighted by Gasteiger charge is -2.01. The molecule has 0 spiro atoms. The molecule has 6 nitrogen and oxygen atoms in total. The predicted molar refractivity (Wildman–Crippen MR) is 101 cm³/mol. The predicted octanol–water partition coefficient (Wildman–Crippen LogP) is 1.48. The fourth-order valence-electron chi connectivity index (χ4n) is 1.53. The van der Waals surface area contributed by atoms with Gasteiger partial charge in [0.1, 0.15) is 5.69 Å². The summed E-state index contributed by atoms with van der Waals surface area (Å²) in [6, 6.07) is 8.58. The maximum atomic E-state index is 11.2. The normalized spacial score (nSPS) is 9.42. The third kappa shape index (κ3) is 7.98. The monoisotopic (exact) mass is 364 g/mol. The first kappa shape index (κ1) is 20.0. The lowest BCUT2D eigenvalue weighted by molar-refractivity contribution is 0.0945. The van der Waals surface area contributed by atoms with Gasteiger partial charge in [-0.15, -0.1) is 0 Å². The van der Waals surface area contributed by atoms with Crippen LogP contribution in [-0.2, 0) is 0 Å². The molecule has 0 saturated heterocycles. The molecule has 2 aromatic rings. The minimum Gasteiger partial charge on any atom is -0.351 e. The molecule has 2 aromatic heterocycles. The third-order valence-corrected chi connectivity index (χ3v) is 3.08. The molecule has 0 aliphatic rings. The number of hydrogen-bond donors (Lipinski definition) is 4. The molecule has 0 saturated carbocycles. The molecule has 0 fully saturated rings. The molecule has 0 aromatic carbocycles. The Kier molecular flexibility index (Phi) is 10.3. The van der Waals surface area contributed by atoms with Gasteiger partial charge in [-0.25, -0.2) is 0 Å². The van der Waals surface area contributed by atoms with E-state index in [1.165, 1.54) is 0 Å². The molecule has 0 aliphatic heterocycles. The van der Waals surface area contributed by atoms with Gasteiger partial charge in [0.15, 0.2) is 0 Å². The second kappa shape index (κ2) is 12.4. The van der Waals surface area contributed by atoms with Gasteiger partial charge in [0.25, 0.3) is 11.8 Å². The van der Waals surface area contributed by atoms with Crippen LogP contribution in [-0.4, -0.2) is 46.4 Å². The van der Waals surface area contributed by atoms with E-state index >= 15 is 0 Å². The smallest absolute Gasteiger partial charge is 0.269 e. The highest BCUT2D eigenvalue weighted by Crippen LogP contribution is 1.94. The minimum atomic E-state index is -0.148. The SMILES string of the molecule is O=C(NCCS)c1ccccn1.O=C(NCCS)c1ccncc1.